The van der Waals surface area contributed by atoms with Crippen LogP contribution < -0.4 is 4.74 Å². The monoisotopic (exact) mass is 756 g/mol. The molecule has 6 rings (SSSR count). The highest BCUT2D eigenvalue weighted by Gasteiger charge is 2.30. The normalized spacial score (nSPS) is 12.2. The van der Waals surface area contributed by atoms with E-state index in [-0.39, 0.29) is 49.0 Å². The molecular formula is C40H39F3N6O6. The van der Waals surface area contributed by atoms with Crippen molar-refractivity contribution < 1.29 is 42.1 Å². The fourth-order valence-corrected chi connectivity index (χ4v) is 5.82. The van der Waals surface area contributed by atoms with Gasteiger partial charge in [-0.15, -0.1) is 0 Å². The van der Waals surface area contributed by atoms with Crippen LogP contribution in [0.3, 0.4) is 0 Å². The van der Waals surface area contributed by atoms with Crippen LogP contribution in [0.2, 0.25) is 0 Å². The van der Waals surface area contributed by atoms with Crippen LogP contribution in [0.15, 0.2) is 110 Å². The minimum absolute atomic E-state index is 0.125. The van der Waals surface area contributed by atoms with E-state index >= 15 is 0 Å². The summed E-state index contributed by atoms with van der Waals surface area (Å²) in [6.07, 6.45) is -1.18. The van der Waals surface area contributed by atoms with Gasteiger partial charge in [-0.3, -0.25) is 19.0 Å². The third-order valence-corrected chi connectivity index (χ3v) is 8.77. The molecule has 286 valence electrons. The van der Waals surface area contributed by atoms with Crippen molar-refractivity contribution in [3.05, 3.63) is 144 Å². The van der Waals surface area contributed by atoms with Crippen molar-refractivity contribution in [2.24, 2.45) is 14.1 Å². The maximum atomic E-state index is 12.8. The second kappa shape index (κ2) is 18.0. The number of hydrogen-bond donors (Lipinski definition) is 1. The first-order valence-electron chi connectivity index (χ1n) is 17.0. The van der Waals surface area contributed by atoms with Gasteiger partial charge in [0, 0.05) is 14.1 Å². The fourth-order valence-electron chi connectivity index (χ4n) is 5.82. The zero-order valence-corrected chi connectivity index (χ0v) is 30.5. The Hall–Kier alpha value is -6.51. The molecule has 2 aromatic heterocycles. The van der Waals surface area contributed by atoms with E-state index in [4.69, 9.17) is 14.2 Å². The number of halogens is 3. The summed E-state index contributed by atoms with van der Waals surface area (Å²) in [5, 5.41) is 17.4. The van der Waals surface area contributed by atoms with E-state index in [1.165, 1.54) is 39.0 Å². The number of carbonyl (C=O) groups is 2. The number of alkyl halides is 3. The second-order valence-corrected chi connectivity index (χ2v) is 12.4. The molecule has 12 nitrogen and oxygen atoms in total. The standard InChI is InChI=1S/C27H24F3N3O3.C13H15N3O3/c1-33-26(31-17-32-33)24(15-25(34)35-2)20-8-12-23(13-9-20)36-16-18-4-3-5-21(14-18)19-6-10-22(11-7-19)27(28,29)30;1-16-13(14-8-15-16)11(7-12(18)19-2)9-3-5-10(17)6-4-9/h3-14,17,24H,15-16H2,1-2H3;3-6,8,11,17H,7H2,1-2H3/t24-;11-/m00/s1. The van der Waals surface area contributed by atoms with E-state index < -0.39 is 11.7 Å². The van der Waals surface area contributed by atoms with E-state index in [1.54, 1.807) is 47.7 Å². The molecule has 0 unspecified atom stereocenters. The number of nitrogens with zero attached hydrogens (tertiary/aromatic N) is 6. The molecular weight excluding hydrogens is 717 g/mol. The molecule has 55 heavy (non-hydrogen) atoms. The van der Waals surface area contributed by atoms with E-state index in [0.29, 0.717) is 23.0 Å². The Balaban J connectivity index is 0.000000256. The van der Waals surface area contributed by atoms with Crippen molar-refractivity contribution >= 4 is 11.9 Å². The van der Waals surface area contributed by atoms with Gasteiger partial charge < -0.3 is 19.3 Å². The van der Waals surface area contributed by atoms with E-state index in [1.807, 2.05) is 48.5 Å². The van der Waals surface area contributed by atoms with Crippen LogP contribution in [-0.4, -0.2) is 60.8 Å². The largest absolute Gasteiger partial charge is 0.508 e. The number of aryl methyl sites for hydroxylation is 2. The number of esters is 2. The van der Waals surface area contributed by atoms with Crippen molar-refractivity contribution in [2.45, 2.75) is 37.5 Å². The lowest BCUT2D eigenvalue weighted by Crippen LogP contribution is -2.14. The molecule has 0 amide bonds. The van der Waals surface area contributed by atoms with Crippen LogP contribution in [0.5, 0.6) is 11.5 Å². The Kier molecular flexibility index (Phi) is 13.0. The number of benzene rings is 4. The Bertz CT molecular complexity index is 2170. The van der Waals surface area contributed by atoms with Crippen molar-refractivity contribution in [1.82, 2.24) is 29.5 Å². The maximum Gasteiger partial charge on any atom is 0.416 e. The first-order valence-corrected chi connectivity index (χ1v) is 17.0. The van der Waals surface area contributed by atoms with Crippen LogP contribution in [0.1, 0.15) is 58.6 Å². The number of aromatic nitrogens is 6. The lowest BCUT2D eigenvalue weighted by Gasteiger charge is -2.16. The average Bonchev–Trinajstić information content (AvgIpc) is 3.82. The molecule has 0 saturated heterocycles. The third kappa shape index (κ3) is 10.6. The van der Waals surface area contributed by atoms with Crippen molar-refractivity contribution in [2.75, 3.05) is 14.2 Å². The minimum atomic E-state index is -4.36. The number of phenolic OH excluding ortho intramolecular Hbond substituents is 1. The van der Waals surface area contributed by atoms with Gasteiger partial charge in [0.1, 0.15) is 42.4 Å². The maximum absolute atomic E-state index is 12.8. The summed E-state index contributed by atoms with van der Waals surface area (Å²) in [6.45, 7) is 0.280. The molecule has 1 N–H and O–H groups in total. The van der Waals surface area contributed by atoms with Crippen LogP contribution in [-0.2, 0) is 45.9 Å². The number of carbonyl (C=O) groups excluding carboxylic acids is 2. The zero-order valence-electron chi connectivity index (χ0n) is 30.5. The summed E-state index contributed by atoms with van der Waals surface area (Å²) in [5.41, 5.74) is 3.43. The molecule has 0 bridgehead atoms. The predicted molar refractivity (Wildman–Crippen MR) is 195 cm³/mol. The van der Waals surface area contributed by atoms with E-state index in [9.17, 15) is 27.9 Å². The Labute approximate surface area is 315 Å². The molecule has 0 aliphatic carbocycles. The summed E-state index contributed by atoms with van der Waals surface area (Å²) in [5.74, 6) is 0.898. The van der Waals surface area contributed by atoms with Crippen LogP contribution in [0.4, 0.5) is 13.2 Å². The quantitative estimate of drug-likeness (QED) is 0.130. The zero-order chi connectivity index (χ0) is 39.5. The van der Waals surface area contributed by atoms with Gasteiger partial charge in [-0.25, -0.2) is 9.97 Å². The molecule has 6 aromatic rings. The predicted octanol–water partition coefficient (Wildman–Crippen LogP) is 6.99. The Morgan fingerprint density at radius 2 is 1.22 bits per heavy atom. The van der Waals surface area contributed by atoms with Gasteiger partial charge in [0.05, 0.1) is 44.5 Å². The van der Waals surface area contributed by atoms with Gasteiger partial charge in [0.15, 0.2) is 0 Å². The molecule has 2 atom stereocenters. The highest BCUT2D eigenvalue weighted by molar-refractivity contribution is 5.71. The molecule has 0 aliphatic heterocycles. The summed E-state index contributed by atoms with van der Waals surface area (Å²) in [7, 11) is 6.24. The summed E-state index contributed by atoms with van der Waals surface area (Å²) < 4.78 is 57.2. The average molecular weight is 757 g/mol. The van der Waals surface area contributed by atoms with Crippen LogP contribution in [0.25, 0.3) is 11.1 Å². The number of phenols is 1. The molecule has 0 saturated carbocycles. The number of methoxy groups -OCH3 is 2. The van der Waals surface area contributed by atoms with Gasteiger partial charge in [0.25, 0.3) is 0 Å². The van der Waals surface area contributed by atoms with Crippen LogP contribution >= 0.6 is 0 Å². The molecule has 0 radical (unpaired) electrons. The molecule has 15 heteroatoms. The SMILES string of the molecule is COC(=O)C[C@@H](c1ccc(O)cc1)c1ncnn1C.COC(=O)C[C@@H](c1ccc(OCc2cccc(-c3ccc(C(F)(F)F)cc3)c2)cc1)c1ncnn1C. The summed E-state index contributed by atoms with van der Waals surface area (Å²) in [4.78, 5) is 32.0. The lowest BCUT2D eigenvalue weighted by molar-refractivity contribution is -0.141. The first-order chi connectivity index (χ1) is 26.4. The van der Waals surface area contributed by atoms with Gasteiger partial charge in [-0.2, -0.15) is 23.4 Å². The van der Waals surface area contributed by atoms with Crippen molar-refractivity contribution in [1.29, 1.82) is 0 Å². The van der Waals surface area contributed by atoms with Gasteiger partial charge in [0.2, 0.25) is 0 Å². The lowest BCUT2D eigenvalue weighted by atomic mass is 9.94. The van der Waals surface area contributed by atoms with Gasteiger partial charge >= 0.3 is 18.1 Å². The number of ether oxygens (including phenoxy) is 3. The van der Waals surface area contributed by atoms with E-state index in [2.05, 4.69) is 20.2 Å². The number of hydrogen-bond acceptors (Lipinski definition) is 10. The van der Waals surface area contributed by atoms with Gasteiger partial charge in [-0.1, -0.05) is 54.6 Å². The first kappa shape index (κ1) is 39.7. The highest BCUT2D eigenvalue weighted by atomic mass is 19.4. The van der Waals surface area contributed by atoms with Gasteiger partial charge in [-0.05, 0) is 70.3 Å². The summed E-state index contributed by atoms with van der Waals surface area (Å²) in [6, 6.07) is 26.6. The summed E-state index contributed by atoms with van der Waals surface area (Å²) >= 11 is 0. The molecule has 0 aliphatic rings. The molecule has 2 heterocycles. The number of aromatic hydroxyl groups is 1. The molecule has 0 fully saturated rings. The van der Waals surface area contributed by atoms with Crippen molar-refractivity contribution in [3.8, 4) is 22.6 Å². The molecule has 4 aromatic carbocycles. The van der Waals surface area contributed by atoms with E-state index in [0.717, 1.165) is 34.4 Å². The number of rotatable bonds is 12. The Morgan fingerprint density at radius 3 is 1.67 bits per heavy atom. The Morgan fingerprint density at radius 1 is 0.709 bits per heavy atom. The molecule has 0 spiro atoms. The topological polar surface area (TPSA) is 143 Å². The third-order valence-electron chi connectivity index (χ3n) is 8.77. The smallest absolute Gasteiger partial charge is 0.416 e. The fraction of sp³-hybridized carbons (Fsp3) is 0.250. The highest BCUT2D eigenvalue weighted by Crippen LogP contribution is 2.32. The van der Waals surface area contributed by atoms with Crippen LogP contribution in [0, 0.1) is 0 Å². The minimum Gasteiger partial charge on any atom is -0.508 e. The van der Waals surface area contributed by atoms with Crippen molar-refractivity contribution in [3.63, 3.8) is 0 Å². The second-order valence-electron chi connectivity index (χ2n) is 12.4.